The Balaban J connectivity index is 1.59. The molecule has 0 bridgehead atoms. The summed E-state index contributed by atoms with van der Waals surface area (Å²) in [6, 6.07) is 15.8. The highest BCUT2D eigenvalue weighted by molar-refractivity contribution is 5.80. The summed E-state index contributed by atoms with van der Waals surface area (Å²) in [6.45, 7) is 3.46. The fourth-order valence-electron chi connectivity index (χ4n) is 5.10. The number of amides is 1. The molecule has 4 aromatic rings. The summed E-state index contributed by atoms with van der Waals surface area (Å²) in [5.41, 5.74) is -0.705. The first-order chi connectivity index (χ1) is 19.6. The molecular formula is C30H28F4N4O3. The largest absolute Gasteiger partial charge is 0.494 e. The Bertz CT molecular complexity index is 1640. The smallest absolute Gasteiger partial charge is 0.419 e. The van der Waals surface area contributed by atoms with E-state index < -0.39 is 29.5 Å². The number of benzene rings is 3. The van der Waals surface area contributed by atoms with Gasteiger partial charge in [0.15, 0.2) is 0 Å². The molecule has 0 saturated carbocycles. The fraction of sp³-hybridized carbons (Fsp3) is 0.300. The van der Waals surface area contributed by atoms with Gasteiger partial charge in [-0.1, -0.05) is 18.2 Å². The van der Waals surface area contributed by atoms with Crippen molar-refractivity contribution < 1.29 is 27.1 Å². The van der Waals surface area contributed by atoms with Crippen molar-refractivity contribution in [2.45, 2.75) is 25.6 Å². The number of fused-ring (bicyclic) bond motifs is 1. The molecular weight excluding hydrogens is 540 g/mol. The highest BCUT2D eigenvalue weighted by atomic mass is 19.4. The van der Waals surface area contributed by atoms with Crippen LogP contribution in [0.15, 0.2) is 71.5 Å². The van der Waals surface area contributed by atoms with Crippen LogP contribution in [0.1, 0.15) is 29.9 Å². The molecule has 1 fully saturated rings. The summed E-state index contributed by atoms with van der Waals surface area (Å²) in [5, 5.41) is 0.401. The molecule has 0 spiro atoms. The maximum atomic E-state index is 13.9. The normalized spacial score (nSPS) is 16.2. The van der Waals surface area contributed by atoms with Crippen LogP contribution < -0.4 is 10.3 Å². The number of piperazine rings is 1. The second-order valence-electron chi connectivity index (χ2n) is 9.91. The lowest BCUT2D eigenvalue weighted by molar-refractivity contribution is -0.140. The van der Waals surface area contributed by atoms with Crippen LogP contribution >= 0.6 is 0 Å². The number of ether oxygens (including phenoxy) is 1. The van der Waals surface area contributed by atoms with Crippen molar-refractivity contribution in [3.8, 4) is 11.4 Å². The number of para-hydroxylation sites is 1. The number of hydrogen-bond acceptors (Lipinski definition) is 5. The van der Waals surface area contributed by atoms with E-state index in [2.05, 4.69) is 0 Å². The Morgan fingerprint density at radius 1 is 1.05 bits per heavy atom. The lowest BCUT2D eigenvalue weighted by atomic mass is 10.0. The molecule has 1 amide bonds. The summed E-state index contributed by atoms with van der Waals surface area (Å²) in [4.78, 5) is 35.8. The van der Waals surface area contributed by atoms with E-state index >= 15 is 0 Å². The van der Waals surface area contributed by atoms with Crippen LogP contribution in [-0.4, -0.2) is 58.5 Å². The van der Waals surface area contributed by atoms with Crippen molar-refractivity contribution in [1.82, 2.24) is 19.4 Å². The van der Waals surface area contributed by atoms with E-state index in [-0.39, 0.29) is 24.1 Å². The highest BCUT2D eigenvalue weighted by Crippen LogP contribution is 2.33. The maximum absolute atomic E-state index is 13.9. The van der Waals surface area contributed by atoms with Crippen LogP contribution in [0.3, 0.4) is 0 Å². The molecule has 1 aliphatic heterocycles. The number of rotatable bonds is 6. The molecule has 11 heteroatoms. The number of carbonyl (C=O) groups excluding carboxylic acids is 1. The minimum atomic E-state index is -4.89. The zero-order valence-electron chi connectivity index (χ0n) is 22.5. The van der Waals surface area contributed by atoms with Crippen LogP contribution in [0, 0.1) is 5.82 Å². The van der Waals surface area contributed by atoms with Gasteiger partial charge in [-0.2, -0.15) is 13.2 Å². The van der Waals surface area contributed by atoms with Gasteiger partial charge in [-0.25, -0.2) is 9.37 Å². The predicted octanol–water partition coefficient (Wildman–Crippen LogP) is 5.00. The molecule has 41 heavy (non-hydrogen) atoms. The Kier molecular flexibility index (Phi) is 7.81. The number of nitrogens with zero attached hydrogens (tertiary/aromatic N) is 4. The summed E-state index contributed by atoms with van der Waals surface area (Å²) in [5.74, 6) is -0.895. The third-order valence-electron chi connectivity index (χ3n) is 7.10. The van der Waals surface area contributed by atoms with Gasteiger partial charge in [-0.3, -0.25) is 14.2 Å². The number of likely N-dealkylation sites (N-methyl/N-ethyl adjacent to an activating group) is 1. The second-order valence-corrected chi connectivity index (χ2v) is 9.91. The molecule has 0 aliphatic carbocycles. The Morgan fingerprint density at radius 3 is 2.49 bits per heavy atom. The zero-order chi connectivity index (χ0) is 29.3. The van der Waals surface area contributed by atoms with Gasteiger partial charge in [-0.15, -0.1) is 0 Å². The summed E-state index contributed by atoms with van der Waals surface area (Å²) in [7, 11) is 1.88. The topological polar surface area (TPSA) is 67.7 Å². The van der Waals surface area contributed by atoms with Crippen LogP contribution in [0.2, 0.25) is 0 Å². The van der Waals surface area contributed by atoms with Crippen molar-refractivity contribution in [3.63, 3.8) is 0 Å². The summed E-state index contributed by atoms with van der Waals surface area (Å²) < 4.78 is 60.8. The van der Waals surface area contributed by atoms with Gasteiger partial charge in [0, 0.05) is 19.6 Å². The molecule has 1 saturated heterocycles. The van der Waals surface area contributed by atoms with Gasteiger partial charge in [0.25, 0.3) is 5.56 Å². The number of hydrogen-bond donors (Lipinski definition) is 0. The van der Waals surface area contributed by atoms with Gasteiger partial charge >= 0.3 is 6.18 Å². The third kappa shape index (κ3) is 5.81. The average molecular weight is 569 g/mol. The predicted molar refractivity (Wildman–Crippen MR) is 146 cm³/mol. The quantitative estimate of drug-likeness (QED) is 0.307. The minimum Gasteiger partial charge on any atom is -0.494 e. The van der Waals surface area contributed by atoms with Crippen molar-refractivity contribution in [2.24, 2.45) is 0 Å². The average Bonchev–Trinajstić information content (AvgIpc) is 2.94. The van der Waals surface area contributed by atoms with Crippen LogP contribution in [0.4, 0.5) is 17.6 Å². The number of aromatic nitrogens is 2. The number of halogens is 4. The van der Waals surface area contributed by atoms with Crippen LogP contribution in [-0.2, 0) is 17.4 Å². The molecule has 1 atom stereocenters. The van der Waals surface area contributed by atoms with E-state index in [0.29, 0.717) is 53.9 Å². The molecule has 7 nitrogen and oxygen atoms in total. The van der Waals surface area contributed by atoms with Crippen molar-refractivity contribution >= 4 is 16.8 Å². The second kappa shape index (κ2) is 11.3. The molecule has 214 valence electrons. The Hall–Kier alpha value is -4.25. The molecule has 0 N–H and O–H groups in total. The monoisotopic (exact) mass is 568 g/mol. The molecule has 3 aromatic carbocycles. The highest BCUT2D eigenvalue weighted by Gasteiger charge is 2.36. The molecule has 5 rings (SSSR count). The molecule has 1 unspecified atom stereocenters. The van der Waals surface area contributed by atoms with Crippen molar-refractivity contribution in [3.05, 3.63) is 99.9 Å². The molecule has 1 aromatic heterocycles. The van der Waals surface area contributed by atoms with Gasteiger partial charge < -0.3 is 14.5 Å². The zero-order valence-corrected chi connectivity index (χ0v) is 22.5. The van der Waals surface area contributed by atoms with E-state index in [0.717, 1.165) is 6.07 Å². The molecule has 0 radical (unpaired) electrons. The van der Waals surface area contributed by atoms with Crippen LogP contribution in [0.5, 0.6) is 5.75 Å². The van der Waals surface area contributed by atoms with E-state index in [4.69, 9.17) is 9.72 Å². The number of carbonyl (C=O) groups is 1. The first-order valence-corrected chi connectivity index (χ1v) is 13.2. The SMILES string of the molecule is CCOc1ccc(-n2c(C3CN(C)CCN3C(=O)Cc3ccc(F)c(C(F)(F)F)c3)nc3ccccc3c2=O)cc1. The van der Waals surface area contributed by atoms with Gasteiger partial charge in [-0.05, 0) is 68.1 Å². The summed E-state index contributed by atoms with van der Waals surface area (Å²) >= 11 is 0. The van der Waals surface area contributed by atoms with E-state index in [1.165, 1.54) is 15.5 Å². The van der Waals surface area contributed by atoms with Gasteiger partial charge in [0.05, 0.1) is 35.2 Å². The Morgan fingerprint density at radius 2 is 1.78 bits per heavy atom. The maximum Gasteiger partial charge on any atom is 0.419 e. The lowest BCUT2D eigenvalue weighted by Gasteiger charge is -2.40. The van der Waals surface area contributed by atoms with Crippen molar-refractivity contribution in [1.29, 1.82) is 0 Å². The minimum absolute atomic E-state index is 0.0387. The van der Waals surface area contributed by atoms with E-state index in [1.54, 1.807) is 48.5 Å². The Labute approximate surface area is 233 Å². The summed E-state index contributed by atoms with van der Waals surface area (Å²) in [6.07, 6.45) is -5.26. The first kappa shape index (κ1) is 28.3. The molecule has 1 aliphatic rings. The number of alkyl halides is 3. The van der Waals surface area contributed by atoms with E-state index in [1.807, 2.05) is 18.9 Å². The lowest BCUT2D eigenvalue weighted by Crippen LogP contribution is -2.51. The van der Waals surface area contributed by atoms with Crippen LogP contribution in [0.25, 0.3) is 16.6 Å². The standard InChI is InChI=1S/C30H28F4N4O3/c1-3-41-21-11-9-20(10-12-21)38-28(35-25-7-5-4-6-22(25)29(38)40)26-18-36(2)14-15-37(26)27(39)17-19-8-13-24(31)23(16-19)30(32,33)34/h4-13,16,26H,3,14-15,17-18H2,1-2H3. The van der Waals surface area contributed by atoms with Gasteiger partial charge in [0.1, 0.15) is 23.4 Å². The fourth-order valence-corrected chi connectivity index (χ4v) is 5.10. The van der Waals surface area contributed by atoms with Crippen molar-refractivity contribution in [2.75, 3.05) is 33.3 Å². The first-order valence-electron chi connectivity index (χ1n) is 13.2. The van der Waals surface area contributed by atoms with E-state index in [9.17, 15) is 27.2 Å². The third-order valence-corrected chi connectivity index (χ3v) is 7.10. The van der Waals surface area contributed by atoms with Gasteiger partial charge in [0.2, 0.25) is 5.91 Å². The molecule has 2 heterocycles.